The highest BCUT2D eigenvalue weighted by Gasteiger charge is 2.68. The van der Waals surface area contributed by atoms with Gasteiger partial charge < -0.3 is 9.64 Å². The minimum atomic E-state index is -1.35. The molecule has 0 aromatic heterocycles. The second-order valence-electron chi connectivity index (χ2n) is 9.91. The number of nitro groups is 1. The van der Waals surface area contributed by atoms with Gasteiger partial charge in [0.1, 0.15) is 17.3 Å². The first-order valence-corrected chi connectivity index (χ1v) is 13.5. The fourth-order valence-corrected chi connectivity index (χ4v) is 6.45. The molecule has 1 N–H and O–H groups in total. The van der Waals surface area contributed by atoms with Gasteiger partial charge in [-0.2, -0.15) is 0 Å². The van der Waals surface area contributed by atoms with E-state index >= 15 is 0 Å². The lowest BCUT2D eigenvalue weighted by Gasteiger charge is -2.31. The number of benzene rings is 4. The molecule has 8 heteroatoms. The van der Waals surface area contributed by atoms with Crippen molar-refractivity contribution in [2.24, 2.45) is 0 Å². The maximum atomic E-state index is 14.7. The van der Waals surface area contributed by atoms with Crippen LogP contribution in [0.5, 0.6) is 5.75 Å². The van der Waals surface area contributed by atoms with Gasteiger partial charge in [0.25, 0.3) is 5.91 Å². The molecule has 1 saturated heterocycles. The zero-order valence-electron chi connectivity index (χ0n) is 21.2. The van der Waals surface area contributed by atoms with Crippen molar-refractivity contribution < 1.29 is 14.5 Å². The molecule has 0 saturated carbocycles. The number of nitrogens with zero attached hydrogens (tertiary/aromatic N) is 2. The summed E-state index contributed by atoms with van der Waals surface area (Å²) in [6, 6.07) is 30.3. The van der Waals surface area contributed by atoms with Gasteiger partial charge in [-0.3, -0.25) is 20.2 Å². The number of fused-ring (bicyclic) bond motifs is 2. The molecule has 4 aromatic carbocycles. The van der Waals surface area contributed by atoms with E-state index in [9.17, 15) is 14.9 Å². The number of hydrogen-bond donors (Lipinski definition) is 1. The minimum Gasteiger partial charge on any atom is -0.497 e. The van der Waals surface area contributed by atoms with Crippen LogP contribution < -0.4 is 15.0 Å². The molecule has 4 aromatic rings. The third kappa shape index (κ3) is 4.11. The minimum absolute atomic E-state index is 0.202. The Bertz CT molecular complexity index is 1550. The van der Waals surface area contributed by atoms with Crippen LogP contribution in [0, 0.1) is 10.1 Å². The number of amides is 1. The van der Waals surface area contributed by atoms with E-state index in [2.05, 4.69) is 21.2 Å². The lowest BCUT2D eigenvalue weighted by atomic mass is 9.74. The molecule has 7 nitrogen and oxygen atoms in total. The number of para-hydroxylation sites is 1. The number of halogens is 1. The number of hydrogen-bond acceptors (Lipinski definition) is 5. The van der Waals surface area contributed by atoms with Crippen LogP contribution in [-0.2, 0) is 16.9 Å². The Labute approximate surface area is 234 Å². The fraction of sp³-hybridized carbons (Fsp3) is 0.194. The Balaban J connectivity index is 1.58. The monoisotopic (exact) mass is 583 g/mol. The Kier molecular flexibility index (Phi) is 6.45. The molecule has 39 heavy (non-hydrogen) atoms. The lowest BCUT2D eigenvalue weighted by molar-refractivity contribution is -0.527. The van der Waals surface area contributed by atoms with Crippen LogP contribution >= 0.6 is 15.9 Å². The number of carbonyl (C=O) groups is 1. The summed E-state index contributed by atoms with van der Waals surface area (Å²) in [6.07, 6.45) is 0. The molecule has 0 radical (unpaired) electrons. The molecule has 2 aliphatic rings. The van der Waals surface area contributed by atoms with Crippen LogP contribution in [0.3, 0.4) is 0 Å². The third-order valence-corrected chi connectivity index (χ3v) is 8.37. The van der Waals surface area contributed by atoms with E-state index in [1.807, 2.05) is 97.1 Å². The average Bonchev–Trinajstić information content (AvgIpc) is 3.44. The standard InChI is InChI=1S/C31H26BrN3O4/c1-39-24-11-7-10-22(18-24)27-29(35(37)38)28(21-14-16-23(32)17-15-21)33-31(27)25-12-5-6-13-26(25)34(30(31)36)19-20-8-3-2-4-9-20/h2-18,27-29,33H,19H2,1H3/t27-,28+,29+,31?/m1/s1. The Morgan fingerprint density at radius 3 is 2.38 bits per heavy atom. The van der Waals surface area contributed by atoms with Crippen LogP contribution in [0.2, 0.25) is 0 Å². The van der Waals surface area contributed by atoms with Crippen LogP contribution in [-0.4, -0.2) is 24.0 Å². The van der Waals surface area contributed by atoms with Crippen LogP contribution in [0.1, 0.15) is 34.2 Å². The maximum Gasteiger partial charge on any atom is 0.253 e. The quantitative estimate of drug-likeness (QED) is 0.223. The highest BCUT2D eigenvalue weighted by Crippen LogP contribution is 2.57. The number of methoxy groups -OCH3 is 1. The Morgan fingerprint density at radius 1 is 0.949 bits per heavy atom. The van der Waals surface area contributed by atoms with E-state index < -0.39 is 23.5 Å². The van der Waals surface area contributed by atoms with Gasteiger partial charge in [0, 0.05) is 20.6 Å². The van der Waals surface area contributed by atoms with E-state index in [1.165, 1.54) is 0 Å². The summed E-state index contributed by atoms with van der Waals surface area (Å²) in [5, 5.41) is 16.5. The predicted octanol–water partition coefficient (Wildman–Crippen LogP) is 5.97. The fourth-order valence-electron chi connectivity index (χ4n) is 6.19. The molecule has 4 atom stereocenters. The number of nitrogens with one attached hydrogen (secondary N) is 1. The lowest BCUT2D eigenvalue weighted by Crippen LogP contribution is -2.50. The molecule has 0 bridgehead atoms. The molecule has 2 aliphatic heterocycles. The van der Waals surface area contributed by atoms with Crippen molar-refractivity contribution in [1.29, 1.82) is 0 Å². The third-order valence-electron chi connectivity index (χ3n) is 7.84. The molecule has 0 aliphatic carbocycles. The summed E-state index contributed by atoms with van der Waals surface area (Å²) in [6.45, 7) is 0.358. The average molecular weight is 584 g/mol. The summed E-state index contributed by atoms with van der Waals surface area (Å²) >= 11 is 3.46. The molecule has 196 valence electrons. The van der Waals surface area contributed by atoms with E-state index in [0.717, 1.165) is 26.9 Å². The molecule has 1 spiro atoms. The van der Waals surface area contributed by atoms with Crippen LogP contribution in [0.25, 0.3) is 0 Å². The number of carbonyl (C=O) groups excluding carboxylic acids is 1. The SMILES string of the molecule is COc1cccc([C@@H]2[C@H]([N+](=O)[O-])[C@H](c3ccc(Br)cc3)NC23C(=O)N(Cc2ccccc2)c2ccccc23)c1. The molecular weight excluding hydrogens is 558 g/mol. The van der Waals surface area contributed by atoms with Crippen molar-refractivity contribution in [3.63, 3.8) is 0 Å². The molecular formula is C31H26BrN3O4. The molecule has 1 amide bonds. The van der Waals surface area contributed by atoms with Gasteiger partial charge in [-0.1, -0.05) is 88.7 Å². The number of ether oxygens (including phenoxy) is 1. The predicted molar refractivity (Wildman–Crippen MR) is 152 cm³/mol. The smallest absolute Gasteiger partial charge is 0.253 e. The molecule has 2 heterocycles. The highest BCUT2D eigenvalue weighted by molar-refractivity contribution is 9.10. The molecule has 6 rings (SSSR count). The summed E-state index contributed by atoms with van der Waals surface area (Å²) in [7, 11) is 1.56. The van der Waals surface area contributed by atoms with E-state index in [-0.39, 0.29) is 10.8 Å². The largest absolute Gasteiger partial charge is 0.497 e. The van der Waals surface area contributed by atoms with Gasteiger partial charge in [-0.15, -0.1) is 0 Å². The summed E-state index contributed by atoms with van der Waals surface area (Å²) in [5.41, 5.74) is 2.54. The van der Waals surface area contributed by atoms with Crippen LogP contribution in [0.4, 0.5) is 5.69 Å². The van der Waals surface area contributed by atoms with E-state index in [4.69, 9.17) is 4.74 Å². The van der Waals surface area contributed by atoms with Crippen molar-refractivity contribution in [2.45, 2.75) is 30.1 Å². The van der Waals surface area contributed by atoms with Crippen molar-refractivity contribution in [3.05, 3.63) is 140 Å². The van der Waals surface area contributed by atoms with Gasteiger partial charge in [0.05, 0.1) is 19.6 Å². The first-order valence-electron chi connectivity index (χ1n) is 12.7. The molecule has 1 fully saturated rings. The second kappa shape index (κ2) is 9.94. The zero-order valence-corrected chi connectivity index (χ0v) is 22.7. The number of rotatable bonds is 6. The van der Waals surface area contributed by atoms with Gasteiger partial charge in [0.2, 0.25) is 6.04 Å². The van der Waals surface area contributed by atoms with Gasteiger partial charge in [-0.05, 0) is 47.0 Å². The summed E-state index contributed by atoms with van der Waals surface area (Å²) in [4.78, 5) is 29.2. The summed E-state index contributed by atoms with van der Waals surface area (Å²) < 4.78 is 6.36. The van der Waals surface area contributed by atoms with Gasteiger partial charge >= 0.3 is 0 Å². The van der Waals surface area contributed by atoms with Gasteiger partial charge in [-0.25, -0.2) is 0 Å². The van der Waals surface area contributed by atoms with Crippen molar-refractivity contribution in [3.8, 4) is 5.75 Å². The first kappa shape index (κ1) is 25.3. The van der Waals surface area contributed by atoms with Crippen LogP contribution in [0.15, 0.2) is 108 Å². The topological polar surface area (TPSA) is 84.7 Å². The Morgan fingerprint density at radius 2 is 1.67 bits per heavy atom. The number of anilines is 1. The normalized spacial score (nSPS) is 23.7. The van der Waals surface area contributed by atoms with Crippen molar-refractivity contribution in [1.82, 2.24) is 5.32 Å². The first-order chi connectivity index (χ1) is 18.9. The maximum absolute atomic E-state index is 14.7. The van der Waals surface area contributed by atoms with Crippen molar-refractivity contribution >= 4 is 27.5 Å². The van der Waals surface area contributed by atoms with Gasteiger partial charge in [0.15, 0.2) is 0 Å². The highest BCUT2D eigenvalue weighted by atomic mass is 79.9. The molecule has 1 unspecified atom stereocenters. The summed E-state index contributed by atoms with van der Waals surface area (Å²) in [5.74, 6) is -0.422. The Hall–Kier alpha value is -4.01. The zero-order chi connectivity index (χ0) is 27.1. The van der Waals surface area contributed by atoms with Crippen molar-refractivity contribution in [2.75, 3.05) is 12.0 Å². The van der Waals surface area contributed by atoms with E-state index in [0.29, 0.717) is 17.9 Å². The second-order valence-corrected chi connectivity index (χ2v) is 10.8. The van der Waals surface area contributed by atoms with E-state index in [1.54, 1.807) is 18.1 Å².